The van der Waals surface area contributed by atoms with Gasteiger partial charge < -0.3 is 15.0 Å². The summed E-state index contributed by atoms with van der Waals surface area (Å²) in [6, 6.07) is 5.62. The standard InChI is InChI=1S/C15H18N2O3/c1-10-9-20-7-6-17(10)15(19)12-2-4-13-11(8-12)3-5-14(18)16-13/h2,4,8,10H,3,5-7,9H2,1H3,(H,16,18). The van der Waals surface area contributed by atoms with Crippen LogP contribution in [0.15, 0.2) is 18.2 Å². The van der Waals surface area contributed by atoms with Crippen LogP contribution in [0.3, 0.4) is 0 Å². The van der Waals surface area contributed by atoms with Crippen LogP contribution >= 0.6 is 0 Å². The number of morpholine rings is 1. The quantitative estimate of drug-likeness (QED) is 0.843. The minimum absolute atomic E-state index is 0.0402. The molecule has 0 radical (unpaired) electrons. The first kappa shape index (κ1) is 13.1. The molecule has 5 nitrogen and oxygen atoms in total. The zero-order chi connectivity index (χ0) is 14.1. The Balaban J connectivity index is 1.83. The number of carbonyl (C=O) groups is 2. The van der Waals surface area contributed by atoms with Gasteiger partial charge in [0.2, 0.25) is 5.91 Å². The molecule has 2 aliphatic rings. The lowest BCUT2D eigenvalue weighted by molar-refractivity contribution is -0.116. The van der Waals surface area contributed by atoms with Gasteiger partial charge in [0.15, 0.2) is 0 Å². The predicted molar refractivity (Wildman–Crippen MR) is 74.7 cm³/mol. The van der Waals surface area contributed by atoms with Crippen LogP contribution in [0.1, 0.15) is 29.3 Å². The summed E-state index contributed by atoms with van der Waals surface area (Å²) in [5, 5.41) is 2.83. The topological polar surface area (TPSA) is 58.6 Å². The third-order valence-electron chi connectivity index (χ3n) is 3.88. The van der Waals surface area contributed by atoms with Crippen molar-refractivity contribution in [2.24, 2.45) is 0 Å². The number of nitrogens with zero attached hydrogens (tertiary/aromatic N) is 1. The molecule has 2 aliphatic heterocycles. The Labute approximate surface area is 117 Å². The Morgan fingerprint density at radius 2 is 2.25 bits per heavy atom. The fraction of sp³-hybridized carbons (Fsp3) is 0.467. The summed E-state index contributed by atoms with van der Waals surface area (Å²) in [5.41, 5.74) is 2.55. The number of hydrogen-bond acceptors (Lipinski definition) is 3. The Bertz CT molecular complexity index is 556. The molecule has 1 unspecified atom stereocenters. The Kier molecular flexibility index (Phi) is 3.44. The van der Waals surface area contributed by atoms with Crippen molar-refractivity contribution in [1.29, 1.82) is 0 Å². The number of fused-ring (bicyclic) bond motifs is 1. The van der Waals surface area contributed by atoms with E-state index in [4.69, 9.17) is 4.74 Å². The average molecular weight is 274 g/mol. The first-order chi connectivity index (χ1) is 9.65. The summed E-state index contributed by atoms with van der Waals surface area (Å²) in [7, 11) is 0. The van der Waals surface area contributed by atoms with Crippen LogP contribution in [0.4, 0.5) is 5.69 Å². The summed E-state index contributed by atoms with van der Waals surface area (Å²) < 4.78 is 5.36. The minimum Gasteiger partial charge on any atom is -0.377 e. The van der Waals surface area contributed by atoms with E-state index in [1.807, 2.05) is 24.0 Å². The van der Waals surface area contributed by atoms with Crippen molar-refractivity contribution >= 4 is 17.5 Å². The number of ether oxygens (including phenoxy) is 1. The van der Waals surface area contributed by atoms with Gasteiger partial charge in [0.1, 0.15) is 0 Å². The number of aryl methyl sites for hydroxylation is 1. The second-order valence-corrected chi connectivity index (χ2v) is 5.34. The Morgan fingerprint density at radius 1 is 1.40 bits per heavy atom. The molecule has 106 valence electrons. The van der Waals surface area contributed by atoms with Gasteiger partial charge in [-0.25, -0.2) is 0 Å². The lowest BCUT2D eigenvalue weighted by atomic mass is 9.99. The van der Waals surface area contributed by atoms with E-state index in [-0.39, 0.29) is 17.9 Å². The normalized spacial score (nSPS) is 22.1. The highest BCUT2D eigenvalue weighted by Gasteiger charge is 2.25. The molecule has 0 saturated carbocycles. The molecule has 0 spiro atoms. The summed E-state index contributed by atoms with van der Waals surface area (Å²) in [6.07, 6.45) is 1.18. The van der Waals surface area contributed by atoms with Crippen molar-refractivity contribution < 1.29 is 14.3 Å². The molecule has 0 aliphatic carbocycles. The third kappa shape index (κ3) is 2.41. The summed E-state index contributed by atoms with van der Waals surface area (Å²) in [6.45, 7) is 3.81. The van der Waals surface area contributed by atoms with E-state index < -0.39 is 0 Å². The summed E-state index contributed by atoms with van der Waals surface area (Å²) in [5.74, 6) is 0.0823. The first-order valence-electron chi connectivity index (χ1n) is 6.96. The van der Waals surface area contributed by atoms with E-state index in [2.05, 4.69) is 5.32 Å². The molecule has 1 saturated heterocycles. The van der Waals surface area contributed by atoms with Crippen molar-refractivity contribution in [3.8, 4) is 0 Å². The molecule has 1 aromatic rings. The number of nitrogens with one attached hydrogen (secondary N) is 1. The molecule has 2 amide bonds. The van der Waals surface area contributed by atoms with Gasteiger partial charge in [0, 0.05) is 24.2 Å². The van der Waals surface area contributed by atoms with E-state index in [1.165, 1.54) is 0 Å². The van der Waals surface area contributed by atoms with E-state index in [0.717, 1.165) is 11.3 Å². The molecule has 1 fully saturated rings. The maximum atomic E-state index is 12.5. The van der Waals surface area contributed by atoms with Crippen LogP contribution in [-0.4, -0.2) is 42.5 Å². The number of benzene rings is 1. The number of anilines is 1. The molecule has 1 aromatic carbocycles. The van der Waals surface area contributed by atoms with Crippen molar-refractivity contribution in [1.82, 2.24) is 4.90 Å². The zero-order valence-electron chi connectivity index (χ0n) is 11.5. The number of hydrogen-bond donors (Lipinski definition) is 1. The minimum atomic E-state index is 0.0402. The van der Waals surface area contributed by atoms with E-state index >= 15 is 0 Å². The van der Waals surface area contributed by atoms with Gasteiger partial charge in [0.05, 0.1) is 19.3 Å². The zero-order valence-corrected chi connectivity index (χ0v) is 11.5. The highest BCUT2D eigenvalue weighted by Crippen LogP contribution is 2.24. The summed E-state index contributed by atoms with van der Waals surface area (Å²) >= 11 is 0. The molecule has 0 aromatic heterocycles. The molecular formula is C15H18N2O3. The maximum absolute atomic E-state index is 12.5. The SMILES string of the molecule is CC1COCCN1C(=O)c1ccc2c(c1)CCC(=O)N2. The van der Waals surface area contributed by atoms with Gasteiger partial charge in [-0.3, -0.25) is 9.59 Å². The van der Waals surface area contributed by atoms with Gasteiger partial charge in [-0.15, -0.1) is 0 Å². The third-order valence-corrected chi connectivity index (χ3v) is 3.88. The van der Waals surface area contributed by atoms with Gasteiger partial charge >= 0.3 is 0 Å². The number of carbonyl (C=O) groups excluding carboxylic acids is 2. The van der Waals surface area contributed by atoms with Crippen molar-refractivity contribution in [3.05, 3.63) is 29.3 Å². The largest absolute Gasteiger partial charge is 0.377 e. The molecule has 20 heavy (non-hydrogen) atoms. The molecule has 1 atom stereocenters. The lowest BCUT2D eigenvalue weighted by Gasteiger charge is -2.33. The van der Waals surface area contributed by atoms with Crippen molar-refractivity contribution in [3.63, 3.8) is 0 Å². The van der Waals surface area contributed by atoms with Crippen molar-refractivity contribution in [2.45, 2.75) is 25.8 Å². The van der Waals surface area contributed by atoms with Crippen LogP contribution in [0.2, 0.25) is 0 Å². The highest BCUT2D eigenvalue weighted by atomic mass is 16.5. The Hall–Kier alpha value is -1.88. The van der Waals surface area contributed by atoms with E-state index in [0.29, 0.717) is 38.2 Å². The second kappa shape index (κ2) is 5.25. The van der Waals surface area contributed by atoms with Crippen LogP contribution in [-0.2, 0) is 16.0 Å². The summed E-state index contributed by atoms with van der Waals surface area (Å²) in [4.78, 5) is 25.7. The smallest absolute Gasteiger partial charge is 0.254 e. The lowest BCUT2D eigenvalue weighted by Crippen LogP contribution is -2.47. The molecular weight excluding hydrogens is 256 g/mol. The highest BCUT2D eigenvalue weighted by molar-refractivity contribution is 5.98. The Morgan fingerprint density at radius 3 is 3.05 bits per heavy atom. The molecule has 5 heteroatoms. The molecule has 2 heterocycles. The van der Waals surface area contributed by atoms with Gasteiger partial charge in [-0.2, -0.15) is 0 Å². The van der Waals surface area contributed by atoms with Gasteiger partial charge in [0.25, 0.3) is 5.91 Å². The fourth-order valence-corrected chi connectivity index (χ4v) is 2.71. The molecule has 3 rings (SSSR count). The van der Waals surface area contributed by atoms with Crippen LogP contribution in [0.5, 0.6) is 0 Å². The van der Waals surface area contributed by atoms with Crippen molar-refractivity contribution in [2.75, 3.05) is 25.1 Å². The van der Waals surface area contributed by atoms with Gasteiger partial charge in [-0.1, -0.05) is 0 Å². The monoisotopic (exact) mass is 274 g/mol. The molecule has 1 N–H and O–H groups in total. The second-order valence-electron chi connectivity index (χ2n) is 5.34. The van der Waals surface area contributed by atoms with E-state index in [1.54, 1.807) is 6.07 Å². The van der Waals surface area contributed by atoms with E-state index in [9.17, 15) is 9.59 Å². The van der Waals surface area contributed by atoms with Gasteiger partial charge in [-0.05, 0) is 37.1 Å². The first-order valence-corrected chi connectivity index (χ1v) is 6.96. The number of amides is 2. The average Bonchev–Trinajstić information content (AvgIpc) is 2.46. The fourth-order valence-electron chi connectivity index (χ4n) is 2.71. The predicted octanol–water partition coefficient (Wildman–Crippen LogP) is 1.43. The van der Waals surface area contributed by atoms with Crippen LogP contribution in [0.25, 0.3) is 0 Å². The maximum Gasteiger partial charge on any atom is 0.254 e. The molecule has 0 bridgehead atoms. The van der Waals surface area contributed by atoms with Crippen LogP contribution in [0, 0.1) is 0 Å². The number of rotatable bonds is 1. The van der Waals surface area contributed by atoms with Crippen LogP contribution < -0.4 is 5.32 Å².